The molecule has 0 saturated heterocycles. The largest absolute Gasteiger partial charge is 0.671 e. The lowest BCUT2D eigenvalue weighted by molar-refractivity contribution is -0.0303. The van der Waals surface area contributed by atoms with E-state index in [0.717, 1.165) is 12.8 Å². The number of fused-ring (bicyclic) bond motifs is 2. The molecular weight excluding hydrogens is 497 g/mol. The second kappa shape index (κ2) is 11.7. The summed E-state index contributed by atoms with van der Waals surface area (Å²) in [7, 11) is -2.30. The molecule has 0 amide bonds. The van der Waals surface area contributed by atoms with Crippen molar-refractivity contribution in [1.29, 1.82) is 0 Å². The Kier molecular flexibility index (Phi) is 10.4. The first-order valence-electron chi connectivity index (χ1n) is 9.99. The molecule has 0 radical (unpaired) electrons. The van der Waals surface area contributed by atoms with Gasteiger partial charge in [-0.3, -0.25) is 0 Å². The molecule has 1 saturated carbocycles. The standard InChI is InChI=1S/C16H36O12Si4/c1-17-30(18-2,19-3)26-29(27-31(20-4,21-5)22-6,28-32(23-7,24-8)25-9)16-13-14-10-11-15(16)12-14/h10-11,14-16H,12-13H2,1-9H3. The van der Waals surface area contributed by atoms with Crippen molar-refractivity contribution in [2.75, 3.05) is 64.0 Å². The fourth-order valence-corrected chi connectivity index (χ4v) is 17.6. The molecule has 0 spiro atoms. The van der Waals surface area contributed by atoms with Gasteiger partial charge >= 0.3 is 35.9 Å². The molecule has 0 aromatic rings. The van der Waals surface area contributed by atoms with Crippen LogP contribution in [0.25, 0.3) is 0 Å². The van der Waals surface area contributed by atoms with E-state index in [1.807, 2.05) is 0 Å². The fourth-order valence-electron chi connectivity index (χ4n) is 4.12. The van der Waals surface area contributed by atoms with Crippen molar-refractivity contribution in [2.45, 2.75) is 18.4 Å². The molecule has 3 atom stereocenters. The van der Waals surface area contributed by atoms with Gasteiger partial charge in [-0.05, 0) is 24.7 Å². The highest BCUT2D eigenvalue weighted by Gasteiger charge is 2.71. The van der Waals surface area contributed by atoms with Crippen molar-refractivity contribution < 1.29 is 52.2 Å². The lowest BCUT2D eigenvalue weighted by Crippen LogP contribution is -2.71. The van der Waals surface area contributed by atoms with Crippen molar-refractivity contribution in [3.8, 4) is 0 Å². The predicted molar refractivity (Wildman–Crippen MR) is 118 cm³/mol. The van der Waals surface area contributed by atoms with Gasteiger partial charge in [0.05, 0.1) is 0 Å². The summed E-state index contributed by atoms with van der Waals surface area (Å²) in [5, 5.41) is 0. The molecule has 2 aliphatic rings. The zero-order valence-corrected chi connectivity index (χ0v) is 24.2. The van der Waals surface area contributed by atoms with E-state index in [0.29, 0.717) is 5.92 Å². The van der Waals surface area contributed by atoms with E-state index in [1.165, 1.54) is 64.0 Å². The molecule has 12 nitrogen and oxygen atoms in total. The van der Waals surface area contributed by atoms with E-state index in [1.54, 1.807) is 0 Å². The van der Waals surface area contributed by atoms with Crippen LogP contribution in [0.5, 0.6) is 0 Å². The fraction of sp³-hybridized carbons (Fsp3) is 0.875. The molecule has 188 valence electrons. The summed E-state index contributed by atoms with van der Waals surface area (Å²) in [4.78, 5) is 0. The summed E-state index contributed by atoms with van der Waals surface area (Å²) in [6, 6.07) is 0. The molecule has 2 aliphatic carbocycles. The van der Waals surface area contributed by atoms with Crippen molar-refractivity contribution in [2.24, 2.45) is 11.8 Å². The molecule has 16 heteroatoms. The average Bonchev–Trinajstić information content (AvgIpc) is 3.49. The maximum atomic E-state index is 6.55. The van der Waals surface area contributed by atoms with Crippen LogP contribution in [-0.2, 0) is 52.2 Å². The monoisotopic (exact) mass is 532 g/mol. The summed E-state index contributed by atoms with van der Waals surface area (Å²) in [6.07, 6.45) is 5.99. The van der Waals surface area contributed by atoms with Crippen LogP contribution in [0.15, 0.2) is 12.2 Å². The van der Waals surface area contributed by atoms with Crippen molar-refractivity contribution in [3.05, 3.63) is 12.2 Å². The maximum Gasteiger partial charge on any atom is 0.671 e. The third-order valence-corrected chi connectivity index (χ3v) is 18.3. The zero-order chi connectivity index (χ0) is 24.0. The molecule has 2 rings (SSSR count). The normalized spacial score (nSPS) is 24.0. The Balaban J connectivity index is 2.68. The van der Waals surface area contributed by atoms with Gasteiger partial charge in [0.25, 0.3) is 0 Å². The Morgan fingerprint density at radius 2 is 0.844 bits per heavy atom. The third kappa shape index (κ3) is 5.51. The van der Waals surface area contributed by atoms with Crippen LogP contribution in [-0.4, -0.2) is 99.9 Å². The molecule has 0 aromatic carbocycles. The Bertz CT molecular complexity index is 534. The lowest BCUT2D eigenvalue weighted by Gasteiger charge is -2.45. The SMILES string of the molecule is CO[Si](OC)(OC)O[Si](O[Si](OC)(OC)OC)(O[Si](OC)(OC)OC)C1CC2C=CC1C2. The summed E-state index contributed by atoms with van der Waals surface area (Å²) in [5.41, 5.74) is -0.232. The van der Waals surface area contributed by atoms with E-state index >= 15 is 0 Å². The molecule has 0 heterocycles. The smallest absolute Gasteiger partial charge is 0.355 e. The van der Waals surface area contributed by atoms with E-state index in [-0.39, 0.29) is 11.5 Å². The van der Waals surface area contributed by atoms with Gasteiger partial charge in [-0.2, -0.15) is 0 Å². The average molecular weight is 533 g/mol. The summed E-state index contributed by atoms with van der Waals surface area (Å²) in [5.74, 6) is 0.460. The molecule has 0 aliphatic heterocycles. The van der Waals surface area contributed by atoms with Crippen molar-refractivity contribution in [3.63, 3.8) is 0 Å². The quantitative estimate of drug-likeness (QED) is 0.209. The van der Waals surface area contributed by atoms with Gasteiger partial charge in [0, 0.05) is 69.5 Å². The van der Waals surface area contributed by atoms with Gasteiger partial charge in [-0.15, -0.1) is 0 Å². The summed E-state index contributed by atoms with van der Waals surface area (Å²) in [6.45, 7) is 0. The topological polar surface area (TPSA) is 111 Å². The Morgan fingerprint density at radius 1 is 0.500 bits per heavy atom. The van der Waals surface area contributed by atoms with Gasteiger partial charge in [0.1, 0.15) is 0 Å². The highest BCUT2D eigenvalue weighted by Crippen LogP contribution is 2.54. The van der Waals surface area contributed by atoms with E-state index in [2.05, 4.69) is 12.2 Å². The van der Waals surface area contributed by atoms with Gasteiger partial charge in [0.2, 0.25) is 0 Å². The molecule has 2 bridgehead atoms. The van der Waals surface area contributed by atoms with Crippen LogP contribution in [0.2, 0.25) is 5.54 Å². The number of hydrogen-bond acceptors (Lipinski definition) is 12. The minimum Gasteiger partial charge on any atom is -0.355 e. The van der Waals surface area contributed by atoms with Crippen LogP contribution in [0.3, 0.4) is 0 Å². The van der Waals surface area contributed by atoms with Crippen LogP contribution in [0, 0.1) is 11.8 Å². The van der Waals surface area contributed by atoms with Crippen LogP contribution in [0.4, 0.5) is 0 Å². The Morgan fingerprint density at radius 3 is 1.06 bits per heavy atom. The second-order valence-electron chi connectivity index (χ2n) is 7.13. The van der Waals surface area contributed by atoms with Gasteiger partial charge in [-0.1, -0.05) is 12.2 Å². The van der Waals surface area contributed by atoms with Crippen LogP contribution < -0.4 is 0 Å². The third-order valence-electron chi connectivity index (χ3n) is 5.78. The number of hydrogen-bond donors (Lipinski definition) is 0. The van der Waals surface area contributed by atoms with Gasteiger partial charge in [-0.25, -0.2) is 0 Å². The molecule has 0 aromatic heterocycles. The minimum atomic E-state index is -4.00. The van der Waals surface area contributed by atoms with Crippen LogP contribution in [0.1, 0.15) is 12.8 Å². The number of allylic oxidation sites excluding steroid dienone is 2. The number of rotatable bonds is 16. The first-order chi connectivity index (χ1) is 15.2. The van der Waals surface area contributed by atoms with Gasteiger partial charge in [0.15, 0.2) is 0 Å². The molecule has 3 unspecified atom stereocenters. The minimum absolute atomic E-state index is 0.110. The maximum absolute atomic E-state index is 6.55. The highest BCUT2D eigenvalue weighted by molar-refractivity contribution is 6.83. The Labute approximate surface area is 194 Å². The highest BCUT2D eigenvalue weighted by atomic mass is 28.5. The van der Waals surface area contributed by atoms with Gasteiger partial charge < -0.3 is 52.2 Å². The molecule has 1 fully saturated rings. The van der Waals surface area contributed by atoms with E-state index in [9.17, 15) is 0 Å². The predicted octanol–water partition coefficient (Wildman–Crippen LogP) is 1.07. The first kappa shape index (κ1) is 28.4. The zero-order valence-electron chi connectivity index (χ0n) is 20.2. The second-order valence-corrected chi connectivity index (χ2v) is 18.2. The summed E-state index contributed by atoms with van der Waals surface area (Å²) < 4.78 is 69.9. The van der Waals surface area contributed by atoms with E-state index in [4.69, 9.17) is 52.2 Å². The van der Waals surface area contributed by atoms with Crippen molar-refractivity contribution >= 4 is 35.9 Å². The summed E-state index contributed by atoms with van der Waals surface area (Å²) >= 11 is 0. The Hall–Kier alpha value is 0.128. The van der Waals surface area contributed by atoms with E-state index < -0.39 is 35.9 Å². The van der Waals surface area contributed by atoms with Crippen LogP contribution >= 0.6 is 0 Å². The van der Waals surface area contributed by atoms with Crippen molar-refractivity contribution in [1.82, 2.24) is 0 Å². The lowest BCUT2D eigenvalue weighted by atomic mass is 10.1. The first-order valence-corrected chi connectivity index (χ1v) is 16.7. The molecular formula is C16H36O12Si4. The molecule has 32 heavy (non-hydrogen) atoms. The molecule has 0 N–H and O–H groups in total.